The van der Waals surface area contributed by atoms with Crippen molar-refractivity contribution in [3.05, 3.63) is 58.9 Å². The second-order valence-corrected chi connectivity index (χ2v) is 5.80. The van der Waals surface area contributed by atoms with Gasteiger partial charge in [0.25, 0.3) is 0 Å². The summed E-state index contributed by atoms with van der Waals surface area (Å²) in [5, 5.41) is 4.04. The van der Waals surface area contributed by atoms with Crippen molar-refractivity contribution < 1.29 is 0 Å². The van der Waals surface area contributed by atoms with Crippen LogP contribution in [0.25, 0.3) is 0 Å². The summed E-state index contributed by atoms with van der Waals surface area (Å²) in [6.45, 7) is 7.38. The Morgan fingerprint density at radius 3 is 2.40 bits per heavy atom. The van der Waals surface area contributed by atoms with Crippen molar-refractivity contribution in [3.63, 3.8) is 0 Å². The quantitative estimate of drug-likeness (QED) is 0.792. The van der Waals surface area contributed by atoms with Crippen LogP contribution in [0.4, 0.5) is 5.69 Å². The molecule has 2 aromatic rings. The van der Waals surface area contributed by atoms with E-state index >= 15 is 0 Å². The van der Waals surface area contributed by atoms with Crippen molar-refractivity contribution in [2.24, 2.45) is 5.92 Å². The Labute approximate surface area is 126 Å². The average Bonchev–Trinajstić information content (AvgIpc) is 2.42. The van der Waals surface area contributed by atoms with Gasteiger partial charge in [0.05, 0.1) is 11.4 Å². The number of anilines is 1. The van der Waals surface area contributed by atoms with Gasteiger partial charge in [0.1, 0.15) is 5.15 Å². The predicted octanol–water partition coefficient (Wildman–Crippen LogP) is 4.90. The van der Waals surface area contributed by atoms with Gasteiger partial charge in [-0.1, -0.05) is 55.8 Å². The van der Waals surface area contributed by atoms with Crippen molar-refractivity contribution in [2.75, 3.05) is 11.9 Å². The molecule has 0 saturated heterocycles. The number of hydrogen-bond donors (Lipinski definition) is 1. The van der Waals surface area contributed by atoms with E-state index in [2.05, 4.69) is 54.5 Å². The molecule has 2 nitrogen and oxygen atoms in total. The summed E-state index contributed by atoms with van der Waals surface area (Å²) in [7, 11) is 0. The zero-order valence-corrected chi connectivity index (χ0v) is 13.0. The number of aromatic nitrogens is 1. The number of pyridine rings is 1. The highest BCUT2D eigenvalue weighted by atomic mass is 35.5. The molecule has 2 rings (SSSR count). The van der Waals surface area contributed by atoms with E-state index in [1.54, 1.807) is 0 Å². The van der Waals surface area contributed by atoms with Crippen LogP contribution in [0.5, 0.6) is 0 Å². The summed E-state index contributed by atoms with van der Waals surface area (Å²) in [5.41, 5.74) is 3.36. The molecular weight excluding hydrogens is 268 g/mol. The van der Waals surface area contributed by atoms with Crippen LogP contribution in [0.15, 0.2) is 42.5 Å². The van der Waals surface area contributed by atoms with E-state index in [0.717, 1.165) is 17.9 Å². The second-order valence-electron chi connectivity index (χ2n) is 5.41. The molecule has 0 fully saturated rings. The number of nitrogens with zero attached hydrogens (tertiary/aromatic N) is 1. The normalized spacial score (nSPS) is 12.4. The van der Waals surface area contributed by atoms with Crippen LogP contribution in [-0.2, 0) is 0 Å². The second kappa shape index (κ2) is 6.76. The molecule has 1 aromatic heterocycles. The van der Waals surface area contributed by atoms with Gasteiger partial charge in [-0.05, 0) is 30.5 Å². The van der Waals surface area contributed by atoms with Crippen LogP contribution in [0.3, 0.4) is 0 Å². The van der Waals surface area contributed by atoms with E-state index in [4.69, 9.17) is 11.6 Å². The Balaban J connectivity index is 2.10. The number of nitrogens with one attached hydrogen (secondary N) is 1. The molecule has 0 aliphatic rings. The summed E-state index contributed by atoms with van der Waals surface area (Å²) in [6.07, 6.45) is 0. The number of hydrogen-bond acceptors (Lipinski definition) is 2. The highest BCUT2D eigenvalue weighted by molar-refractivity contribution is 6.29. The highest BCUT2D eigenvalue weighted by Gasteiger charge is 2.15. The van der Waals surface area contributed by atoms with E-state index in [1.807, 2.05) is 19.1 Å². The molecule has 1 atom stereocenters. The fourth-order valence-corrected chi connectivity index (χ4v) is 2.57. The van der Waals surface area contributed by atoms with Crippen molar-refractivity contribution in [1.29, 1.82) is 0 Å². The van der Waals surface area contributed by atoms with Gasteiger partial charge < -0.3 is 5.32 Å². The van der Waals surface area contributed by atoms with Crippen molar-refractivity contribution >= 4 is 17.3 Å². The van der Waals surface area contributed by atoms with Gasteiger partial charge in [-0.15, -0.1) is 0 Å². The molecule has 0 spiro atoms. The Morgan fingerprint density at radius 2 is 1.80 bits per heavy atom. The molecule has 1 heterocycles. The lowest BCUT2D eigenvalue weighted by molar-refractivity contribution is 0.517. The molecule has 0 saturated carbocycles. The van der Waals surface area contributed by atoms with Crippen LogP contribution < -0.4 is 5.32 Å². The molecule has 20 heavy (non-hydrogen) atoms. The predicted molar refractivity (Wildman–Crippen MR) is 86.5 cm³/mol. The third kappa shape index (κ3) is 3.73. The Kier molecular flexibility index (Phi) is 5.02. The summed E-state index contributed by atoms with van der Waals surface area (Å²) in [5.74, 6) is 1.05. The molecule has 106 valence electrons. The van der Waals surface area contributed by atoms with Crippen LogP contribution in [-0.4, -0.2) is 11.5 Å². The van der Waals surface area contributed by atoms with E-state index in [9.17, 15) is 0 Å². The van der Waals surface area contributed by atoms with E-state index in [1.165, 1.54) is 5.56 Å². The fraction of sp³-hybridized carbons (Fsp3) is 0.353. The molecule has 3 heteroatoms. The minimum Gasteiger partial charge on any atom is -0.383 e. The number of aryl methyl sites for hydroxylation is 1. The molecule has 1 N–H and O–H groups in total. The molecule has 0 amide bonds. The zero-order valence-electron chi connectivity index (χ0n) is 12.2. The minimum absolute atomic E-state index is 0.478. The average molecular weight is 289 g/mol. The largest absolute Gasteiger partial charge is 0.383 e. The van der Waals surface area contributed by atoms with Crippen LogP contribution in [0.1, 0.15) is 31.0 Å². The lowest BCUT2D eigenvalue weighted by Gasteiger charge is -2.23. The first-order valence-corrected chi connectivity index (χ1v) is 7.37. The summed E-state index contributed by atoms with van der Waals surface area (Å²) >= 11 is 5.89. The lowest BCUT2D eigenvalue weighted by Crippen LogP contribution is -2.18. The lowest BCUT2D eigenvalue weighted by atomic mass is 9.88. The molecule has 1 aromatic carbocycles. The molecule has 1 unspecified atom stereocenters. The van der Waals surface area contributed by atoms with Gasteiger partial charge in [-0.2, -0.15) is 0 Å². The minimum atomic E-state index is 0.478. The maximum absolute atomic E-state index is 5.89. The van der Waals surface area contributed by atoms with Crippen molar-refractivity contribution in [1.82, 2.24) is 4.98 Å². The van der Waals surface area contributed by atoms with Crippen LogP contribution in [0.2, 0.25) is 5.15 Å². The van der Waals surface area contributed by atoms with Gasteiger partial charge in [-0.3, -0.25) is 0 Å². The molecule has 0 aliphatic carbocycles. The summed E-state index contributed by atoms with van der Waals surface area (Å²) in [4.78, 5) is 4.27. The summed E-state index contributed by atoms with van der Waals surface area (Å²) < 4.78 is 0. The Bertz CT molecular complexity index is 552. The first-order chi connectivity index (χ1) is 9.58. The van der Waals surface area contributed by atoms with E-state index < -0.39 is 0 Å². The van der Waals surface area contributed by atoms with Gasteiger partial charge >= 0.3 is 0 Å². The maximum Gasteiger partial charge on any atom is 0.129 e. The smallest absolute Gasteiger partial charge is 0.129 e. The molecular formula is C17H21ClN2. The van der Waals surface area contributed by atoms with Crippen LogP contribution in [0, 0.1) is 12.8 Å². The SMILES string of the molecule is Cc1nc(Cl)ccc1NCC(c1ccccc1)C(C)C. The zero-order chi connectivity index (χ0) is 14.5. The van der Waals surface area contributed by atoms with Gasteiger partial charge in [-0.25, -0.2) is 4.98 Å². The third-order valence-corrected chi connectivity index (χ3v) is 3.81. The van der Waals surface area contributed by atoms with Crippen LogP contribution >= 0.6 is 11.6 Å². The van der Waals surface area contributed by atoms with Crippen molar-refractivity contribution in [2.45, 2.75) is 26.7 Å². The molecule has 0 radical (unpaired) electrons. The first-order valence-electron chi connectivity index (χ1n) is 7.00. The van der Waals surface area contributed by atoms with Crippen molar-refractivity contribution in [3.8, 4) is 0 Å². The third-order valence-electron chi connectivity index (χ3n) is 3.60. The molecule has 0 bridgehead atoms. The number of rotatable bonds is 5. The maximum atomic E-state index is 5.89. The highest BCUT2D eigenvalue weighted by Crippen LogP contribution is 2.25. The number of benzene rings is 1. The van der Waals surface area contributed by atoms with E-state index in [-0.39, 0.29) is 0 Å². The topological polar surface area (TPSA) is 24.9 Å². The molecule has 0 aliphatic heterocycles. The standard InChI is InChI=1S/C17H21ClN2/c1-12(2)15(14-7-5-4-6-8-14)11-19-16-9-10-17(18)20-13(16)3/h4-10,12,15,19H,11H2,1-3H3. The van der Waals surface area contributed by atoms with Gasteiger partial charge in [0.15, 0.2) is 0 Å². The monoisotopic (exact) mass is 288 g/mol. The van der Waals surface area contributed by atoms with Gasteiger partial charge in [0, 0.05) is 12.5 Å². The number of halogens is 1. The van der Waals surface area contributed by atoms with E-state index in [0.29, 0.717) is 17.0 Å². The summed E-state index contributed by atoms with van der Waals surface area (Å²) in [6, 6.07) is 14.5. The first kappa shape index (κ1) is 14.9. The van der Waals surface area contributed by atoms with Gasteiger partial charge in [0.2, 0.25) is 0 Å². The Morgan fingerprint density at radius 1 is 1.10 bits per heavy atom. The fourth-order valence-electron chi connectivity index (χ4n) is 2.38. The Hall–Kier alpha value is -1.54.